The van der Waals surface area contributed by atoms with Gasteiger partial charge in [-0.2, -0.15) is 0 Å². The molecule has 0 bridgehead atoms. The fourth-order valence-corrected chi connectivity index (χ4v) is 2.91. The van der Waals surface area contributed by atoms with Gasteiger partial charge in [-0.25, -0.2) is 0 Å². The Morgan fingerprint density at radius 3 is 2.58 bits per heavy atom. The van der Waals surface area contributed by atoms with Crippen molar-refractivity contribution in [3.63, 3.8) is 0 Å². The summed E-state index contributed by atoms with van der Waals surface area (Å²) in [5, 5.41) is 3.68. The monoisotopic (exact) mass is 269 g/mol. The average Bonchev–Trinajstić information content (AvgIpc) is 2.44. The number of hydrogen-bond acceptors (Lipinski definition) is 2. The molecule has 1 unspecified atom stereocenters. The fraction of sp³-hybridized carbons (Fsp3) is 1.00. The fourth-order valence-electron chi connectivity index (χ4n) is 2.91. The van der Waals surface area contributed by atoms with Gasteiger partial charge in [-0.3, -0.25) is 0 Å². The molecule has 1 saturated carbocycles. The zero-order valence-electron chi connectivity index (χ0n) is 13.3. The van der Waals surface area contributed by atoms with Crippen LogP contribution in [0.1, 0.15) is 84.5 Å². The van der Waals surface area contributed by atoms with E-state index >= 15 is 0 Å². The molecule has 0 radical (unpaired) electrons. The van der Waals surface area contributed by atoms with Crippen molar-refractivity contribution in [2.45, 2.75) is 96.6 Å². The maximum atomic E-state index is 5.87. The van der Waals surface area contributed by atoms with E-state index in [1.165, 1.54) is 64.2 Å². The second-order valence-corrected chi connectivity index (χ2v) is 6.17. The first kappa shape index (κ1) is 17.0. The standard InChI is InChI=1S/C17H35NO/c1-3-4-5-7-11-16(2)19-15-10-14-18-17-12-8-6-9-13-17/h16-18H,3-15H2,1-2H3. The lowest BCUT2D eigenvalue weighted by atomic mass is 9.95. The largest absolute Gasteiger partial charge is 0.378 e. The predicted octanol–water partition coefficient (Wildman–Crippen LogP) is 4.67. The van der Waals surface area contributed by atoms with Crippen molar-refractivity contribution in [2.24, 2.45) is 0 Å². The van der Waals surface area contributed by atoms with E-state index in [2.05, 4.69) is 19.2 Å². The van der Waals surface area contributed by atoms with Crippen LogP contribution in [-0.2, 0) is 4.74 Å². The molecule has 0 saturated heterocycles. The van der Waals surface area contributed by atoms with Crippen molar-refractivity contribution in [3.8, 4) is 0 Å². The van der Waals surface area contributed by atoms with E-state index in [1.807, 2.05) is 0 Å². The summed E-state index contributed by atoms with van der Waals surface area (Å²) in [7, 11) is 0. The Morgan fingerprint density at radius 1 is 1.05 bits per heavy atom. The van der Waals surface area contributed by atoms with Crippen LogP contribution in [0.4, 0.5) is 0 Å². The molecule has 0 aromatic carbocycles. The Kier molecular flexibility index (Phi) is 10.5. The van der Waals surface area contributed by atoms with E-state index in [0.29, 0.717) is 6.10 Å². The highest BCUT2D eigenvalue weighted by molar-refractivity contribution is 4.71. The van der Waals surface area contributed by atoms with Gasteiger partial charge in [-0.15, -0.1) is 0 Å². The number of rotatable bonds is 11. The molecule has 114 valence electrons. The van der Waals surface area contributed by atoms with Crippen LogP contribution in [0, 0.1) is 0 Å². The lowest BCUT2D eigenvalue weighted by Crippen LogP contribution is -2.32. The zero-order chi connectivity index (χ0) is 13.8. The summed E-state index contributed by atoms with van der Waals surface area (Å²) in [6, 6.07) is 0.792. The maximum Gasteiger partial charge on any atom is 0.0547 e. The maximum absolute atomic E-state index is 5.87. The van der Waals surface area contributed by atoms with Crippen molar-refractivity contribution >= 4 is 0 Å². The summed E-state index contributed by atoms with van der Waals surface area (Å²) in [5.74, 6) is 0. The number of unbranched alkanes of at least 4 members (excludes halogenated alkanes) is 3. The van der Waals surface area contributed by atoms with Crippen molar-refractivity contribution in [1.29, 1.82) is 0 Å². The van der Waals surface area contributed by atoms with Gasteiger partial charge < -0.3 is 10.1 Å². The van der Waals surface area contributed by atoms with Gasteiger partial charge in [-0.05, 0) is 39.2 Å². The summed E-state index contributed by atoms with van der Waals surface area (Å²) in [6.45, 7) is 6.54. The van der Waals surface area contributed by atoms with Crippen LogP contribution in [-0.4, -0.2) is 25.3 Å². The Morgan fingerprint density at radius 2 is 1.84 bits per heavy atom. The van der Waals surface area contributed by atoms with Gasteiger partial charge >= 0.3 is 0 Å². The van der Waals surface area contributed by atoms with Crippen LogP contribution in [0.5, 0.6) is 0 Å². The van der Waals surface area contributed by atoms with E-state index in [9.17, 15) is 0 Å². The van der Waals surface area contributed by atoms with E-state index in [0.717, 1.165) is 25.6 Å². The minimum absolute atomic E-state index is 0.450. The Labute approximate surface area is 120 Å². The molecular formula is C17H35NO. The Balaban J connectivity index is 1.83. The molecule has 19 heavy (non-hydrogen) atoms. The molecule has 0 amide bonds. The molecule has 1 N–H and O–H groups in total. The smallest absolute Gasteiger partial charge is 0.0547 e. The Hall–Kier alpha value is -0.0800. The minimum atomic E-state index is 0.450. The van der Waals surface area contributed by atoms with Crippen molar-refractivity contribution < 1.29 is 4.74 Å². The van der Waals surface area contributed by atoms with Gasteiger partial charge in [0.25, 0.3) is 0 Å². The van der Waals surface area contributed by atoms with Gasteiger partial charge in [0, 0.05) is 12.6 Å². The molecule has 1 aliphatic carbocycles. The predicted molar refractivity (Wildman–Crippen MR) is 83.7 cm³/mol. The number of nitrogens with one attached hydrogen (secondary N) is 1. The first-order valence-electron chi connectivity index (χ1n) is 8.68. The zero-order valence-corrected chi connectivity index (χ0v) is 13.3. The molecule has 1 atom stereocenters. The van der Waals surface area contributed by atoms with Crippen LogP contribution in [0.2, 0.25) is 0 Å². The minimum Gasteiger partial charge on any atom is -0.378 e. The van der Waals surface area contributed by atoms with Crippen LogP contribution < -0.4 is 5.32 Å². The molecule has 0 aromatic rings. The summed E-state index contributed by atoms with van der Waals surface area (Å²) in [6.07, 6.45) is 15.3. The third-order valence-electron chi connectivity index (χ3n) is 4.23. The molecule has 0 heterocycles. The summed E-state index contributed by atoms with van der Waals surface area (Å²) in [4.78, 5) is 0. The molecule has 2 heteroatoms. The molecule has 0 aliphatic heterocycles. The lowest BCUT2D eigenvalue weighted by Gasteiger charge is -2.23. The summed E-state index contributed by atoms with van der Waals surface area (Å²) in [5.41, 5.74) is 0. The van der Waals surface area contributed by atoms with Crippen LogP contribution in [0.25, 0.3) is 0 Å². The van der Waals surface area contributed by atoms with E-state index in [1.54, 1.807) is 0 Å². The Bertz CT molecular complexity index is 190. The van der Waals surface area contributed by atoms with Gasteiger partial charge in [0.1, 0.15) is 0 Å². The summed E-state index contributed by atoms with van der Waals surface area (Å²) < 4.78 is 5.87. The number of hydrogen-bond donors (Lipinski definition) is 1. The van der Waals surface area contributed by atoms with Crippen LogP contribution >= 0.6 is 0 Å². The van der Waals surface area contributed by atoms with Crippen LogP contribution in [0.15, 0.2) is 0 Å². The molecule has 1 rings (SSSR count). The van der Waals surface area contributed by atoms with Gasteiger partial charge in [-0.1, -0.05) is 51.9 Å². The van der Waals surface area contributed by atoms with E-state index < -0.39 is 0 Å². The van der Waals surface area contributed by atoms with E-state index in [-0.39, 0.29) is 0 Å². The topological polar surface area (TPSA) is 21.3 Å². The van der Waals surface area contributed by atoms with Crippen molar-refractivity contribution in [2.75, 3.05) is 13.2 Å². The normalized spacial score (nSPS) is 18.6. The molecule has 0 aromatic heterocycles. The number of ether oxygens (including phenoxy) is 1. The molecule has 2 nitrogen and oxygen atoms in total. The quantitative estimate of drug-likeness (QED) is 0.550. The van der Waals surface area contributed by atoms with Gasteiger partial charge in [0.15, 0.2) is 0 Å². The molecular weight excluding hydrogens is 234 g/mol. The molecule has 1 fully saturated rings. The van der Waals surface area contributed by atoms with Crippen molar-refractivity contribution in [3.05, 3.63) is 0 Å². The molecule has 1 aliphatic rings. The van der Waals surface area contributed by atoms with Gasteiger partial charge in [0.05, 0.1) is 6.10 Å². The summed E-state index contributed by atoms with van der Waals surface area (Å²) >= 11 is 0. The third-order valence-corrected chi connectivity index (χ3v) is 4.23. The first-order valence-corrected chi connectivity index (χ1v) is 8.68. The highest BCUT2D eigenvalue weighted by Crippen LogP contribution is 2.17. The SMILES string of the molecule is CCCCCCC(C)OCCCNC1CCCCC1. The third kappa shape index (κ3) is 9.45. The van der Waals surface area contributed by atoms with Crippen LogP contribution in [0.3, 0.4) is 0 Å². The molecule has 0 spiro atoms. The average molecular weight is 269 g/mol. The highest BCUT2D eigenvalue weighted by atomic mass is 16.5. The first-order chi connectivity index (χ1) is 9.33. The lowest BCUT2D eigenvalue weighted by molar-refractivity contribution is 0.0565. The highest BCUT2D eigenvalue weighted by Gasteiger charge is 2.11. The van der Waals surface area contributed by atoms with Crippen molar-refractivity contribution in [1.82, 2.24) is 5.32 Å². The van der Waals surface area contributed by atoms with E-state index in [4.69, 9.17) is 4.74 Å². The second-order valence-electron chi connectivity index (χ2n) is 6.17. The second kappa shape index (κ2) is 11.7. The van der Waals surface area contributed by atoms with Gasteiger partial charge in [0.2, 0.25) is 0 Å².